The minimum absolute atomic E-state index is 0.0749. The van der Waals surface area contributed by atoms with Crippen LogP contribution in [0.3, 0.4) is 0 Å². The van der Waals surface area contributed by atoms with Gasteiger partial charge in [0.15, 0.2) is 5.69 Å². The van der Waals surface area contributed by atoms with Crippen molar-refractivity contribution in [3.8, 4) is 5.69 Å². The van der Waals surface area contributed by atoms with Gasteiger partial charge in [0.25, 0.3) is 5.91 Å². The predicted molar refractivity (Wildman–Crippen MR) is 84.0 cm³/mol. The number of benzene rings is 1. The average Bonchev–Trinajstić information content (AvgIpc) is 3.12. The number of carbonyl (C=O) groups is 1. The van der Waals surface area contributed by atoms with Crippen molar-refractivity contribution in [2.45, 2.75) is 31.3 Å². The minimum atomic E-state index is 0.0749. The third kappa shape index (κ3) is 2.31. The lowest BCUT2D eigenvalue weighted by Gasteiger charge is -2.27. The molecule has 2 unspecified atom stereocenters. The highest BCUT2D eigenvalue weighted by Gasteiger charge is 2.38. The highest BCUT2D eigenvalue weighted by atomic mass is 16.2. The second-order valence-corrected chi connectivity index (χ2v) is 6.07. The standard InChI is InChI=1S/C17H20N4O/c22-17(21-14-6-7-15(21)12-18-10-8-14)16-9-11-20(19-16)13-4-2-1-3-5-13/h1-5,9,11,14-15,18H,6-8,10,12H2. The van der Waals surface area contributed by atoms with Gasteiger partial charge in [0.05, 0.1) is 5.69 Å². The molecule has 3 heterocycles. The third-order valence-corrected chi connectivity index (χ3v) is 4.72. The maximum absolute atomic E-state index is 12.9. The van der Waals surface area contributed by atoms with Crippen LogP contribution in [0.15, 0.2) is 42.6 Å². The Morgan fingerprint density at radius 1 is 1.09 bits per heavy atom. The monoisotopic (exact) mass is 296 g/mol. The summed E-state index contributed by atoms with van der Waals surface area (Å²) in [6, 6.07) is 12.4. The van der Waals surface area contributed by atoms with Gasteiger partial charge >= 0.3 is 0 Å². The summed E-state index contributed by atoms with van der Waals surface area (Å²) >= 11 is 0. The van der Waals surface area contributed by atoms with Gasteiger partial charge in [0, 0.05) is 24.8 Å². The first kappa shape index (κ1) is 13.5. The van der Waals surface area contributed by atoms with Crippen molar-refractivity contribution >= 4 is 5.91 Å². The molecular formula is C17H20N4O. The SMILES string of the molecule is O=C(c1ccn(-c2ccccc2)n1)N1C2CCNCC1CC2. The first-order valence-electron chi connectivity index (χ1n) is 7.97. The van der Waals surface area contributed by atoms with Gasteiger partial charge in [-0.2, -0.15) is 5.10 Å². The van der Waals surface area contributed by atoms with Crippen LogP contribution < -0.4 is 5.32 Å². The molecular weight excluding hydrogens is 276 g/mol. The summed E-state index contributed by atoms with van der Waals surface area (Å²) in [7, 11) is 0. The van der Waals surface area contributed by atoms with Crippen LogP contribution in [-0.4, -0.2) is 45.8 Å². The molecule has 1 aromatic carbocycles. The quantitative estimate of drug-likeness (QED) is 0.920. The van der Waals surface area contributed by atoms with Crippen molar-refractivity contribution in [3.05, 3.63) is 48.3 Å². The fraction of sp³-hybridized carbons (Fsp3) is 0.412. The molecule has 4 rings (SSSR count). The number of nitrogens with zero attached hydrogens (tertiary/aromatic N) is 3. The fourth-order valence-corrected chi connectivity index (χ4v) is 3.61. The molecule has 2 saturated heterocycles. The third-order valence-electron chi connectivity index (χ3n) is 4.72. The van der Waals surface area contributed by atoms with Crippen LogP contribution in [0.2, 0.25) is 0 Å². The Labute approximate surface area is 129 Å². The molecule has 5 nitrogen and oxygen atoms in total. The van der Waals surface area contributed by atoms with Crippen LogP contribution in [-0.2, 0) is 0 Å². The molecule has 2 aliphatic rings. The number of nitrogens with one attached hydrogen (secondary N) is 1. The van der Waals surface area contributed by atoms with Gasteiger partial charge in [-0.3, -0.25) is 4.79 Å². The molecule has 0 spiro atoms. The fourth-order valence-electron chi connectivity index (χ4n) is 3.61. The second-order valence-electron chi connectivity index (χ2n) is 6.07. The maximum Gasteiger partial charge on any atom is 0.274 e. The van der Waals surface area contributed by atoms with Gasteiger partial charge in [0.1, 0.15) is 0 Å². The number of fused-ring (bicyclic) bond motifs is 2. The van der Waals surface area contributed by atoms with Crippen molar-refractivity contribution < 1.29 is 4.79 Å². The summed E-state index contributed by atoms with van der Waals surface area (Å²) in [5, 5.41) is 7.91. The van der Waals surface area contributed by atoms with Crippen LogP contribution in [0.25, 0.3) is 5.69 Å². The molecule has 2 aromatic rings. The molecule has 2 bridgehead atoms. The normalized spacial score (nSPS) is 24.3. The molecule has 2 atom stereocenters. The van der Waals surface area contributed by atoms with Crippen LogP contribution in [0, 0.1) is 0 Å². The summed E-state index contributed by atoms with van der Waals surface area (Å²) in [5.74, 6) is 0.0749. The number of aromatic nitrogens is 2. The number of rotatable bonds is 2. The second kappa shape index (κ2) is 5.57. The molecule has 0 aliphatic carbocycles. The molecule has 5 heteroatoms. The van der Waals surface area contributed by atoms with Crippen molar-refractivity contribution in [2.24, 2.45) is 0 Å². The Hall–Kier alpha value is -2.14. The van der Waals surface area contributed by atoms with E-state index in [2.05, 4.69) is 15.3 Å². The summed E-state index contributed by atoms with van der Waals surface area (Å²) < 4.78 is 1.77. The highest BCUT2D eigenvalue weighted by Crippen LogP contribution is 2.29. The largest absolute Gasteiger partial charge is 0.330 e. The van der Waals surface area contributed by atoms with Gasteiger partial charge < -0.3 is 10.2 Å². The Morgan fingerprint density at radius 3 is 2.77 bits per heavy atom. The lowest BCUT2D eigenvalue weighted by Crippen LogP contribution is -2.42. The number of hydrogen-bond donors (Lipinski definition) is 1. The van der Waals surface area contributed by atoms with Crippen molar-refractivity contribution in [3.63, 3.8) is 0 Å². The average molecular weight is 296 g/mol. The van der Waals surface area contributed by atoms with E-state index in [1.807, 2.05) is 42.6 Å². The van der Waals surface area contributed by atoms with E-state index in [0.717, 1.165) is 38.0 Å². The van der Waals surface area contributed by atoms with Gasteiger partial charge in [-0.25, -0.2) is 4.68 Å². The number of carbonyl (C=O) groups excluding carboxylic acids is 1. The van der Waals surface area contributed by atoms with Crippen molar-refractivity contribution in [1.82, 2.24) is 20.0 Å². The predicted octanol–water partition coefficient (Wildman–Crippen LogP) is 1.84. The van der Waals surface area contributed by atoms with Crippen molar-refractivity contribution in [1.29, 1.82) is 0 Å². The van der Waals surface area contributed by atoms with Gasteiger partial charge in [-0.1, -0.05) is 18.2 Å². The lowest BCUT2D eigenvalue weighted by molar-refractivity contribution is 0.0673. The minimum Gasteiger partial charge on any atom is -0.330 e. The highest BCUT2D eigenvalue weighted by molar-refractivity contribution is 5.93. The van der Waals surface area contributed by atoms with Crippen LogP contribution in [0.5, 0.6) is 0 Å². The number of hydrogen-bond acceptors (Lipinski definition) is 3. The molecule has 0 saturated carbocycles. The summed E-state index contributed by atoms with van der Waals surface area (Å²) in [6.07, 6.45) is 5.13. The topological polar surface area (TPSA) is 50.2 Å². The Kier molecular flexibility index (Phi) is 3.42. The van der Waals surface area contributed by atoms with Crippen LogP contribution in [0.1, 0.15) is 29.8 Å². The lowest BCUT2D eigenvalue weighted by atomic mass is 10.1. The molecule has 1 aromatic heterocycles. The first-order chi connectivity index (χ1) is 10.8. The Bertz CT molecular complexity index is 652. The zero-order chi connectivity index (χ0) is 14.9. The van der Waals surface area contributed by atoms with E-state index in [4.69, 9.17) is 0 Å². The molecule has 1 amide bonds. The van der Waals surface area contributed by atoms with Crippen LogP contribution in [0.4, 0.5) is 0 Å². The van der Waals surface area contributed by atoms with E-state index >= 15 is 0 Å². The molecule has 2 aliphatic heterocycles. The maximum atomic E-state index is 12.9. The number of amides is 1. The van der Waals surface area contributed by atoms with E-state index in [1.54, 1.807) is 4.68 Å². The van der Waals surface area contributed by atoms with Gasteiger partial charge in [0.2, 0.25) is 0 Å². The van der Waals surface area contributed by atoms with E-state index in [1.165, 1.54) is 0 Å². The summed E-state index contributed by atoms with van der Waals surface area (Å²) in [5.41, 5.74) is 1.52. The van der Waals surface area contributed by atoms with Gasteiger partial charge in [-0.15, -0.1) is 0 Å². The molecule has 1 N–H and O–H groups in total. The summed E-state index contributed by atoms with van der Waals surface area (Å²) in [6.45, 7) is 1.91. The van der Waals surface area contributed by atoms with Crippen molar-refractivity contribution in [2.75, 3.05) is 13.1 Å². The van der Waals surface area contributed by atoms with E-state index in [-0.39, 0.29) is 5.91 Å². The summed E-state index contributed by atoms with van der Waals surface area (Å²) in [4.78, 5) is 14.9. The zero-order valence-electron chi connectivity index (χ0n) is 12.5. The first-order valence-corrected chi connectivity index (χ1v) is 7.97. The molecule has 2 fully saturated rings. The van der Waals surface area contributed by atoms with Gasteiger partial charge in [-0.05, 0) is 44.0 Å². The molecule has 114 valence electrons. The molecule has 22 heavy (non-hydrogen) atoms. The van der Waals surface area contributed by atoms with E-state index in [9.17, 15) is 4.79 Å². The van der Waals surface area contributed by atoms with Crippen LogP contribution >= 0.6 is 0 Å². The van der Waals surface area contributed by atoms with E-state index in [0.29, 0.717) is 17.8 Å². The Balaban J connectivity index is 1.60. The number of para-hydroxylation sites is 1. The smallest absolute Gasteiger partial charge is 0.274 e. The van der Waals surface area contributed by atoms with E-state index < -0.39 is 0 Å². The Morgan fingerprint density at radius 2 is 1.91 bits per heavy atom. The zero-order valence-corrected chi connectivity index (χ0v) is 12.5. The molecule has 0 radical (unpaired) electrons.